The molecule has 5 nitrogen and oxygen atoms in total. The van der Waals surface area contributed by atoms with Crippen molar-refractivity contribution >= 4 is 16.7 Å². The van der Waals surface area contributed by atoms with Crippen molar-refractivity contribution in [2.75, 3.05) is 6.61 Å². The van der Waals surface area contributed by atoms with Gasteiger partial charge < -0.3 is 14.3 Å². The van der Waals surface area contributed by atoms with Crippen LogP contribution < -0.4 is 10.4 Å². The molecule has 0 bridgehead atoms. The van der Waals surface area contributed by atoms with Crippen LogP contribution in [0, 0.1) is 0 Å². The zero-order chi connectivity index (χ0) is 17.8. The highest BCUT2D eigenvalue weighted by Crippen LogP contribution is 2.31. The van der Waals surface area contributed by atoms with E-state index < -0.39 is 11.6 Å². The van der Waals surface area contributed by atoms with Crippen molar-refractivity contribution in [2.24, 2.45) is 0 Å². The Labute approximate surface area is 144 Å². The fraction of sp³-hybridized carbons (Fsp3) is 0.200. The molecule has 0 fully saturated rings. The zero-order valence-electron chi connectivity index (χ0n) is 13.8. The minimum Gasteiger partial charge on any atom is -0.494 e. The number of carboxylic acids is 1. The minimum atomic E-state index is -1.28. The Bertz CT molecular complexity index is 954. The van der Waals surface area contributed by atoms with Crippen LogP contribution in [-0.2, 0) is 0 Å². The maximum absolute atomic E-state index is 12.0. The molecule has 25 heavy (non-hydrogen) atoms. The van der Waals surface area contributed by atoms with Gasteiger partial charge in [0.1, 0.15) is 5.75 Å². The lowest BCUT2D eigenvalue weighted by molar-refractivity contribution is 0.0659. The molecular weight excluding hydrogens is 320 g/mol. The molecular formula is C20H18O5. The van der Waals surface area contributed by atoms with Crippen LogP contribution in [0.4, 0.5) is 0 Å². The topological polar surface area (TPSA) is 76.7 Å². The van der Waals surface area contributed by atoms with Crippen molar-refractivity contribution in [3.63, 3.8) is 0 Å². The smallest absolute Gasteiger partial charge is 0.372 e. The largest absolute Gasteiger partial charge is 0.494 e. The number of unbranched alkanes of at least 4 members (excludes halogenated alkanes) is 1. The van der Waals surface area contributed by atoms with Gasteiger partial charge in [0.15, 0.2) is 0 Å². The van der Waals surface area contributed by atoms with Crippen molar-refractivity contribution in [3.8, 4) is 16.9 Å². The molecule has 3 rings (SSSR count). The zero-order valence-corrected chi connectivity index (χ0v) is 13.8. The summed E-state index contributed by atoms with van der Waals surface area (Å²) in [4.78, 5) is 23.6. The van der Waals surface area contributed by atoms with E-state index in [9.17, 15) is 14.7 Å². The Balaban J connectivity index is 2.11. The first-order chi connectivity index (χ1) is 12.1. The van der Waals surface area contributed by atoms with E-state index in [0.717, 1.165) is 18.6 Å². The number of fused-ring (bicyclic) bond motifs is 1. The third-order valence-corrected chi connectivity index (χ3v) is 3.94. The highest BCUT2D eigenvalue weighted by Gasteiger charge is 2.20. The number of aromatic carboxylic acids is 1. The predicted molar refractivity (Wildman–Crippen MR) is 95.3 cm³/mol. The number of ether oxygens (including phenoxy) is 1. The van der Waals surface area contributed by atoms with Gasteiger partial charge in [0.25, 0.3) is 0 Å². The van der Waals surface area contributed by atoms with Crippen LogP contribution in [0.2, 0.25) is 0 Å². The summed E-state index contributed by atoms with van der Waals surface area (Å²) in [6.45, 7) is 2.73. The fourth-order valence-corrected chi connectivity index (χ4v) is 2.69. The Morgan fingerprint density at radius 2 is 1.76 bits per heavy atom. The second kappa shape index (κ2) is 7.21. The van der Waals surface area contributed by atoms with Crippen molar-refractivity contribution in [1.82, 2.24) is 0 Å². The van der Waals surface area contributed by atoms with Crippen molar-refractivity contribution in [1.29, 1.82) is 0 Å². The van der Waals surface area contributed by atoms with Gasteiger partial charge in [0, 0.05) is 10.9 Å². The summed E-state index contributed by atoms with van der Waals surface area (Å²) in [6, 6.07) is 13.9. The lowest BCUT2D eigenvalue weighted by Crippen LogP contribution is -2.09. The summed E-state index contributed by atoms with van der Waals surface area (Å²) < 4.78 is 10.7. The van der Waals surface area contributed by atoms with Crippen LogP contribution in [0.5, 0.6) is 5.75 Å². The third kappa shape index (κ3) is 3.40. The fourth-order valence-electron chi connectivity index (χ4n) is 2.69. The average molecular weight is 338 g/mol. The first kappa shape index (κ1) is 16.8. The number of carboxylic acid groups (broad SMARTS) is 1. The molecule has 1 heterocycles. The van der Waals surface area contributed by atoms with Crippen LogP contribution >= 0.6 is 0 Å². The Hall–Kier alpha value is -3.08. The second-order valence-corrected chi connectivity index (χ2v) is 5.67. The first-order valence-electron chi connectivity index (χ1n) is 8.14. The maximum Gasteiger partial charge on any atom is 0.372 e. The molecule has 0 aliphatic rings. The molecule has 2 aromatic carbocycles. The molecule has 0 radical (unpaired) electrons. The van der Waals surface area contributed by atoms with Crippen LogP contribution in [0.3, 0.4) is 0 Å². The normalized spacial score (nSPS) is 10.8. The van der Waals surface area contributed by atoms with Gasteiger partial charge >= 0.3 is 11.6 Å². The molecule has 0 saturated carbocycles. The average Bonchev–Trinajstić information content (AvgIpc) is 2.63. The van der Waals surface area contributed by atoms with Crippen LogP contribution in [0.25, 0.3) is 21.9 Å². The van der Waals surface area contributed by atoms with E-state index in [0.29, 0.717) is 28.5 Å². The minimum absolute atomic E-state index is 0.353. The number of benzene rings is 2. The van der Waals surface area contributed by atoms with Gasteiger partial charge in [0.05, 0.1) is 12.0 Å². The van der Waals surface area contributed by atoms with Gasteiger partial charge in [-0.25, -0.2) is 9.59 Å². The summed E-state index contributed by atoms with van der Waals surface area (Å²) in [6.07, 6.45) is 2.02. The number of carbonyl (C=O) groups is 1. The van der Waals surface area contributed by atoms with Crippen LogP contribution in [0.1, 0.15) is 30.3 Å². The van der Waals surface area contributed by atoms with E-state index >= 15 is 0 Å². The molecule has 0 aliphatic carbocycles. The predicted octanol–water partition coefficient (Wildman–Crippen LogP) is 4.34. The lowest BCUT2D eigenvalue weighted by Gasteiger charge is -2.10. The molecule has 3 aromatic rings. The van der Waals surface area contributed by atoms with E-state index in [2.05, 4.69) is 6.92 Å². The Morgan fingerprint density at radius 3 is 2.40 bits per heavy atom. The molecule has 0 aliphatic heterocycles. The van der Waals surface area contributed by atoms with Crippen LogP contribution in [-0.4, -0.2) is 17.7 Å². The summed E-state index contributed by atoms with van der Waals surface area (Å²) in [5, 5.41) is 10.4. The van der Waals surface area contributed by atoms with Gasteiger partial charge in [-0.1, -0.05) is 43.7 Å². The van der Waals surface area contributed by atoms with Gasteiger partial charge in [0.2, 0.25) is 5.76 Å². The molecule has 0 spiro atoms. The SMILES string of the molecule is CCCCOc1ccc(-c2c(C(=O)O)oc(=O)c3ccccc23)cc1. The maximum atomic E-state index is 12.0. The van der Waals surface area contributed by atoms with E-state index in [1.54, 1.807) is 48.5 Å². The van der Waals surface area contributed by atoms with Gasteiger partial charge in [-0.15, -0.1) is 0 Å². The second-order valence-electron chi connectivity index (χ2n) is 5.67. The quantitative estimate of drug-likeness (QED) is 0.677. The third-order valence-electron chi connectivity index (χ3n) is 3.94. The van der Waals surface area contributed by atoms with E-state index in [4.69, 9.17) is 9.15 Å². The monoisotopic (exact) mass is 338 g/mol. The number of hydrogen-bond donors (Lipinski definition) is 1. The van der Waals surface area contributed by atoms with E-state index in [1.165, 1.54) is 0 Å². The summed E-state index contributed by atoms with van der Waals surface area (Å²) in [5.41, 5.74) is 0.388. The Kier molecular flexibility index (Phi) is 4.84. The van der Waals surface area contributed by atoms with Crippen molar-refractivity contribution in [3.05, 3.63) is 64.7 Å². The van der Waals surface area contributed by atoms with Gasteiger partial charge in [-0.05, 0) is 30.2 Å². The summed E-state index contributed by atoms with van der Waals surface area (Å²) >= 11 is 0. The molecule has 5 heteroatoms. The standard InChI is InChI=1S/C20H18O5/c1-2-3-12-24-14-10-8-13(9-11-14)17-15-6-4-5-7-16(15)20(23)25-18(17)19(21)22/h4-11H,2-3,12H2,1H3,(H,21,22). The molecule has 0 amide bonds. The number of hydrogen-bond acceptors (Lipinski definition) is 4. The van der Waals surface area contributed by atoms with Gasteiger partial charge in [-0.2, -0.15) is 0 Å². The molecule has 0 unspecified atom stereocenters. The highest BCUT2D eigenvalue weighted by molar-refractivity contribution is 6.04. The molecule has 128 valence electrons. The molecule has 1 aromatic heterocycles. The van der Waals surface area contributed by atoms with Crippen LogP contribution in [0.15, 0.2) is 57.7 Å². The number of rotatable bonds is 6. The molecule has 0 saturated heterocycles. The van der Waals surface area contributed by atoms with E-state index in [-0.39, 0.29) is 5.76 Å². The molecule has 0 atom stereocenters. The highest BCUT2D eigenvalue weighted by atomic mass is 16.5. The van der Waals surface area contributed by atoms with E-state index in [1.807, 2.05) is 0 Å². The molecule has 1 N–H and O–H groups in total. The van der Waals surface area contributed by atoms with Crippen molar-refractivity contribution < 1.29 is 19.1 Å². The summed E-state index contributed by atoms with van der Waals surface area (Å²) in [7, 11) is 0. The van der Waals surface area contributed by atoms with Crippen molar-refractivity contribution in [2.45, 2.75) is 19.8 Å². The first-order valence-corrected chi connectivity index (χ1v) is 8.14. The van der Waals surface area contributed by atoms with Gasteiger partial charge in [-0.3, -0.25) is 0 Å². The summed E-state index contributed by atoms with van der Waals surface area (Å²) in [5.74, 6) is -0.916. The Morgan fingerprint density at radius 1 is 1.08 bits per heavy atom. The lowest BCUT2D eigenvalue weighted by atomic mass is 9.98.